The van der Waals surface area contributed by atoms with Crippen LogP contribution in [0.1, 0.15) is 0 Å². The molecular weight excluding hydrogens is 242 g/mol. The average molecular weight is 251 g/mol. The van der Waals surface area contributed by atoms with Gasteiger partial charge in [0, 0.05) is 0 Å². The van der Waals surface area contributed by atoms with Crippen LogP contribution < -0.4 is 9.33 Å². The van der Waals surface area contributed by atoms with Crippen molar-refractivity contribution >= 4 is 21.7 Å². The van der Waals surface area contributed by atoms with Gasteiger partial charge in [0.05, 0.1) is 0 Å². The summed E-state index contributed by atoms with van der Waals surface area (Å²) in [5.74, 6) is 0. The van der Waals surface area contributed by atoms with Crippen LogP contribution in [0.3, 0.4) is 0 Å². The standard InChI is InChI=1S/2C5H4N.ClH.Ni/c2*1-2-4-6-5-3-1;;/h2*1-4H;1H;. The van der Waals surface area contributed by atoms with E-state index in [1.807, 2.05) is 36.4 Å². The van der Waals surface area contributed by atoms with Gasteiger partial charge in [-0.2, -0.15) is 0 Å². The van der Waals surface area contributed by atoms with Gasteiger partial charge in [0.25, 0.3) is 0 Å². The van der Waals surface area contributed by atoms with Crippen LogP contribution in [0, 0.1) is 0 Å². The van der Waals surface area contributed by atoms with Crippen molar-refractivity contribution in [2.24, 2.45) is 0 Å². The van der Waals surface area contributed by atoms with Crippen molar-refractivity contribution in [3.05, 3.63) is 48.8 Å². The topological polar surface area (TPSA) is 25.8 Å². The summed E-state index contributed by atoms with van der Waals surface area (Å²) >= 11 is 1.38. The summed E-state index contributed by atoms with van der Waals surface area (Å²) in [4.78, 5) is 8.41. The Hall–Kier alpha value is -0.916. The molecule has 0 N–H and O–H groups in total. The quantitative estimate of drug-likeness (QED) is 0.742. The maximum absolute atomic E-state index is 4.21. The summed E-state index contributed by atoms with van der Waals surface area (Å²) in [6.45, 7) is 0. The predicted octanol–water partition coefficient (Wildman–Crippen LogP) is 0.932. The number of pyridine rings is 2. The Balaban J connectivity index is 0.000000980. The van der Waals surface area contributed by atoms with E-state index in [1.165, 1.54) is 14.4 Å². The van der Waals surface area contributed by atoms with Crippen LogP contribution in [0.4, 0.5) is 0 Å². The van der Waals surface area contributed by atoms with Gasteiger partial charge >= 0.3 is 82.5 Å². The van der Waals surface area contributed by atoms with E-state index in [4.69, 9.17) is 0 Å². The van der Waals surface area contributed by atoms with E-state index in [0.29, 0.717) is 0 Å². The van der Waals surface area contributed by atoms with E-state index in [-0.39, 0.29) is 12.4 Å². The van der Waals surface area contributed by atoms with E-state index in [2.05, 4.69) is 9.97 Å². The zero-order chi connectivity index (χ0) is 8.93. The van der Waals surface area contributed by atoms with Crippen LogP contribution in [-0.2, 0) is 14.4 Å². The molecule has 0 aliphatic rings. The molecule has 0 aliphatic carbocycles. The van der Waals surface area contributed by atoms with Crippen LogP contribution >= 0.6 is 12.4 Å². The minimum atomic E-state index is 0. The third-order valence-corrected chi connectivity index (χ3v) is 2.47. The van der Waals surface area contributed by atoms with Gasteiger partial charge in [0.15, 0.2) is 0 Å². The van der Waals surface area contributed by atoms with Gasteiger partial charge in [-0.15, -0.1) is 12.4 Å². The predicted molar refractivity (Wildman–Crippen MR) is 55.0 cm³/mol. The summed E-state index contributed by atoms with van der Waals surface area (Å²) in [5, 5.41) is 0. The third-order valence-electron chi connectivity index (χ3n) is 1.38. The van der Waals surface area contributed by atoms with E-state index in [9.17, 15) is 0 Å². The monoisotopic (exact) mass is 250 g/mol. The second kappa shape index (κ2) is 5.74. The van der Waals surface area contributed by atoms with Gasteiger partial charge in [-0.3, -0.25) is 0 Å². The molecule has 76 valence electrons. The number of hydrogen-bond acceptors (Lipinski definition) is 2. The fourth-order valence-corrected chi connectivity index (χ4v) is 1.73. The molecule has 0 radical (unpaired) electrons. The van der Waals surface area contributed by atoms with E-state index >= 15 is 0 Å². The van der Waals surface area contributed by atoms with Crippen LogP contribution in [0.2, 0.25) is 0 Å². The van der Waals surface area contributed by atoms with Crippen molar-refractivity contribution in [2.45, 2.75) is 0 Å². The molecule has 0 atom stereocenters. The number of nitrogens with zero attached hydrogens (tertiary/aromatic N) is 2. The summed E-state index contributed by atoms with van der Waals surface area (Å²) < 4.78 is 1.99. The second-order valence-electron chi connectivity index (χ2n) is 2.32. The van der Waals surface area contributed by atoms with Gasteiger partial charge in [-0.1, -0.05) is 0 Å². The Morgan fingerprint density at radius 2 is 1.29 bits per heavy atom. The number of rotatable bonds is 2. The van der Waals surface area contributed by atoms with Gasteiger partial charge in [-0.05, 0) is 0 Å². The van der Waals surface area contributed by atoms with Gasteiger partial charge in [-0.25, -0.2) is 0 Å². The van der Waals surface area contributed by atoms with E-state index in [1.54, 1.807) is 12.4 Å². The Labute approximate surface area is 95.0 Å². The molecule has 2 aromatic heterocycles. The molecule has 0 aliphatic heterocycles. The molecule has 4 heteroatoms. The fourth-order valence-electron chi connectivity index (χ4n) is 0.839. The summed E-state index contributed by atoms with van der Waals surface area (Å²) in [6, 6.07) is 11.7. The molecule has 2 aromatic rings. The summed E-state index contributed by atoms with van der Waals surface area (Å²) in [5.41, 5.74) is 0. The minimum absolute atomic E-state index is 0. The zero-order valence-corrected chi connectivity index (χ0v) is 9.04. The maximum atomic E-state index is 4.21. The Morgan fingerprint density at radius 1 is 0.786 bits per heavy atom. The normalized spacial score (nSPS) is 9.43. The number of aromatic nitrogens is 2. The van der Waals surface area contributed by atoms with Crippen LogP contribution in [-0.4, -0.2) is 9.97 Å². The molecule has 0 unspecified atom stereocenters. The first-order valence-electron chi connectivity index (χ1n) is 3.86. The van der Waals surface area contributed by atoms with Crippen molar-refractivity contribution in [3.8, 4) is 0 Å². The summed E-state index contributed by atoms with van der Waals surface area (Å²) in [7, 11) is 0. The van der Waals surface area contributed by atoms with Crippen molar-refractivity contribution in [3.63, 3.8) is 0 Å². The molecule has 2 heterocycles. The van der Waals surface area contributed by atoms with Crippen LogP contribution in [0.5, 0.6) is 0 Å². The fraction of sp³-hybridized carbons (Fsp3) is 0. The molecular formula is C10H9ClN2Ni. The Bertz CT molecular complexity index is 329. The number of hydrogen-bond donors (Lipinski definition) is 0. The Morgan fingerprint density at radius 3 is 1.64 bits per heavy atom. The molecule has 0 aromatic carbocycles. The first-order chi connectivity index (χ1) is 6.45. The first-order valence-corrected chi connectivity index (χ1v) is 4.84. The van der Waals surface area contributed by atoms with Gasteiger partial charge < -0.3 is 0 Å². The first kappa shape index (κ1) is 11.2. The molecule has 0 amide bonds. The Kier molecular flexibility index (Phi) is 4.57. The van der Waals surface area contributed by atoms with E-state index in [0.717, 1.165) is 9.33 Å². The van der Waals surface area contributed by atoms with Crippen molar-refractivity contribution < 1.29 is 14.4 Å². The second-order valence-corrected chi connectivity index (χ2v) is 3.58. The molecule has 14 heavy (non-hydrogen) atoms. The number of halogens is 1. The average Bonchev–Trinajstić information content (AvgIpc) is 2.21. The molecule has 0 saturated heterocycles. The molecule has 2 rings (SSSR count). The van der Waals surface area contributed by atoms with Gasteiger partial charge in [0.2, 0.25) is 0 Å². The summed E-state index contributed by atoms with van der Waals surface area (Å²) in [6.07, 6.45) is 3.58. The molecule has 0 bridgehead atoms. The van der Waals surface area contributed by atoms with Crippen molar-refractivity contribution in [1.82, 2.24) is 9.97 Å². The molecule has 0 fully saturated rings. The van der Waals surface area contributed by atoms with Crippen molar-refractivity contribution in [2.75, 3.05) is 0 Å². The zero-order valence-electron chi connectivity index (χ0n) is 7.24. The molecule has 0 saturated carbocycles. The van der Waals surface area contributed by atoms with Crippen molar-refractivity contribution in [1.29, 1.82) is 0 Å². The molecule has 2 nitrogen and oxygen atoms in total. The van der Waals surface area contributed by atoms with E-state index < -0.39 is 0 Å². The van der Waals surface area contributed by atoms with Crippen LogP contribution in [0.15, 0.2) is 48.8 Å². The SMILES string of the molecule is Cl.c1cc[c]([Ni][c]2ccccn2)nc1. The molecule has 0 spiro atoms. The third kappa shape index (κ3) is 3.09. The van der Waals surface area contributed by atoms with Crippen LogP contribution in [0.25, 0.3) is 0 Å². The van der Waals surface area contributed by atoms with Gasteiger partial charge in [0.1, 0.15) is 0 Å².